The minimum Gasteiger partial charge on any atom is -0.449 e. The Morgan fingerprint density at radius 3 is 2.52 bits per heavy atom. The highest BCUT2D eigenvalue weighted by atomic mass is 19.3. The number of hydrogen-bond donors (Lipinski definition) is 3. The molecule has 29 heavy (non-hydrogen) atoms. The van der Waals surface area contributed by atoms with Gasteiger partial charge in [-0.1, -0.05) is 13.8 Å². The van der Waals surface area contributed by atoms with Crippen LogP contribution >= 0.6 is 0 Å². The molecule has 164 valence electrons. The Hall–Kier alpha value is -2.26. The number of amides is 3. The first-order valence-corrected chi connectivity index (χ1v) is 9.94. The van der Waals surface area contributed by atoms with E-state index < -0.39 is 30.0 Å². The molecule has 0 aromatic heterocycles. The maximum absolute atomic E-state index is 12.8. The van der Waals surface area contributed by atoms with Gasteiger partial charge in [0, 0.05) is 31.2 Å². The molecule has 1 saturated heterocycles. The number of hydrogen-bond acceptors (Lipinski definition) is 5. The van der Waals surface area contributed by atoms with E-state index in [4.69, 9.17) is 4.74 Å². The molecule has 10 heteroatoms. The number of halogens is 2. The Kier molecular flexibility index (Phi) is 7.92. The molecule has 0 aromatic rings. The maximum Gasteiger partial charge on any atom is 0.407 e. The van der Waals surface area contributed by atoms with Crippen LogP contribution in [-0.2, 0) is 19.1 Å². The molecule has 3 atom stereocenters. The zero-order chi connectivity index (χ0) is 21.6. The number of aldehydes is 1. The van der Waals surface area contributed by atoms with Gasteiger partial charge in [-0.15, -0.1) is 0 Å². The lowest BCUT2D eigenvalue weighted by Gasteiger charge is -2.34. The molecule has 2 aliphatic rings. The summed E-state index contributed by atoms with van der Waals surface area (Å²) in [7, 11) is 0. The third-order valence-electron chi connectivity index (χ3n) is 5.13. The summed E-state index contributed by atoms with van der Waals surface area (Å²) in [5, 5.41) is 7.69. The summed E-state index contributed by atoms with van der Waals surface area (Å²) in [5.74, 6) is -4.05. The molecule has 1 aliphatic carbocycles. The smallest absolute Gasteiger partial charge is 0.407 e. The van der Waals surface area contributed by atoms with Crippen LogP contribution in [0.3, 0.4) is 0 Å². The van der Waals surface area contributed by atoms with Crippen LogP contribution in [0.4, 0.5) is 13.6 Å². The third kappa shape index (κ3) is 7.25. The van der Waals surface area contributed by atoms with Gasteiger partial charge in [-0.3, -0.25) is 9.59 Å². The minimum atomic E-state index is -2.69. The summed E-state index contributed by atoms with van der Waals surface area (Å²) in [6.45, 7) is 4.14. The molecule has 3 amide bonds. The van der Waals surface area contributed by atoms with Gasteiger partial charge >= 0.3 is 6.09 Å². The monoisotopic (exact) mass is 417 g/mol. The largest absolute Gasteiger partial charge is 0.449 e. The van der Waals surface area contributed by atoms with Gasteiger partial charge in [0.25, 0.3) is 0 Å². The second kappa shape index (κ2) is 9.98. The summed E-state index contributed by atoms with van der Waals surface area (Å²) in [6.07, 6.45) is 0.175. The Morgan fingerprint density at radius 2 is 2.00 bits per heavy atom. The van der Waals surface area contributed by atoms with Crippen molar-refractivity contribution in [3.05, 3.63) is 0 Å². The molecule has 8 nitrogen and oxygen atoms in total. The highest BCUT2D eigenvalue weighted by Crippen LogP contribution is 2.42. The van der Waals surface area contributed by atoms with Crippen molar-refractivity contribution in [2.45, 2.75) is 64.0 Å². The zero-order valence-electron chi connectivity index (χ0n) is 16.7. The van der Waals surface area contributed by atoms with E-state index in [1.54, 1.807) is 0 Å². The van der Waals surface area contributed by atoms with Crippen LogP contribution in [0.1, 0.15) is 46.0 Å². The molecule has 2 rings (SSSR count). The molecule has 2 fully saturated rings. The fourth-order valence-electron chi connectivity index (χ4n) is 3.59. The quantitative estimate of drug-likeness (QED) is 0.465. The molecule has 0 bridgehead atoms. The lowest BCUT2D eigenvalue weighted by molar-refractivity contribution is -0.128. The van der Waals surface area contributed by atoms with E-state index in [2.05, 4.69) is 16.0 Å². The van der Waals surface area contributed by atoms with Crippen molar-refractivity contribution in [2.75, 3.05) is 13.2 Å². The van der Waals surface area contributed by atoms with Crippen LogP contribution in [0, 0.1) is 17.8 Å². The fourth-order valence-corrected chi connectivity index (χ4v) is 3.59. The molecule has 1 saturated carbocycles. The predicted molar refractivity (Wildman–Crippen MR) is 99.1 cm³/mol. The van der Waals surface area contributed by atoms with Crippen LogP contribution in [0.2, 0.25) is 0 Å². The van der Waals surface area contributed by atoms with E-state index in [1.807, 2.05) is 13.8 Å². The molecular formula is C19H29F2N3O5. The first-order chi connectivity index (χ1) is 13.6. The molecule has 0 aromatic carbocycles. The maximum atomic E-state index is 12.8. The highest BCUT2D eigenvalue weighted by molar-refractivity contribution is 5.88. The Balaban J connectivity index is 1.84. The van der Waals surface area contributed by atoms with Gasteiger partial charge < -0.3 is 25.5 Å². The standard InChI is InChI=1S/C19H29F2N3O5/c1-11(2)5-15(24-18(28)29-10-12-7-19(20,21)8-12)17(27)23-14(9-25)6-13-3-4-22-16(13)26/h9,11-15H,3-8,10H2,1-2H3,(H,22,26)(H,23,27)(H,24,28)/t13?,14-,15-/m0/s1. The first kappa shape index (κ1) is 23.0. The fraction of sp³-hybridized carbons (Fsp3) is 0.789. The van der Waals surface area contributed by atoms with Gasteiger partial charge in [0.15, 0.2) is 0 Å². The minimum absolute atomic E-state index is 0.0617. The van der Waals surface area contributed by atoms with Crippen molar-refractivity contribution in [3.8, 4) is 0 Å². The Labute approximate surface area is 168 Å². The normalized spacial score (nSPS) is 22.9. The van der Waals surface area contributed by atoms with Crippen LogP contribution < -0.4 is 16.0 Å². The van der Waals surface area contributed by atoms with E-state index in [0.717, 1.165) is 0 Å². The molecule has 0 radical (unpaired) electrons. The molecule has 3 N–H and O–H groups in total. The number of carbonyl (C=O) groups is 4. The van der Waals surface area contributed by atoms with Gasteiger partial charge in [0.2, 0.25) is 17.7 Å². The van der Waals surface area contributed by atoms with Gasteiger partial charge in [-0.2, -0.15) is 0 Å². The lowest BCUT2D eigenvalue weighted by atomic mass is 9.82. The van der Waals surface area contributed by atoms with Gasteiger partial charge in [0.1, 0.15) is 12.3 Å². The summed E-state index contributed by atoms with van der Waals surface area (Å²) in [5.41, 5.74) is 0. The number of carbonyl (C=O) groups excluding carboxylic acids is 4. The lowest BCUT2D eigenvalue weighted by Crippen LogP contribution is -2.51. The predicted octanol–water partition coefficient (Wildman–Crippen LogP) is 1.38. The van der Waals surface area contributed by atoms with E-state index in [1.165, 1.54) is 0 Å². The number of ether oxygens (including phenoxy) is 1. The van der Waals surface area contributed by atoms with Crippen LogP contribution in [0.5, 0.6) is 0 Å². The average Bonchev–Trinajstić information content (AvgIpc) is 3.01. The number of alkyl carbamates (subject to hydrolysis) is 1. The number of alkyl halides is 2. The third-order valence-corrected chi connectivity index (χ3v) is 5.13. The van der Waals surface area contributed by atoms with Gasteiger partial charge in [0.05, 0.1) is 12.6 Å². The molecular weight excluding hydrogens is 388 g/mol. The molecule has 1 heterocycles. The van der Waals surface area contributed by atoms with E-state index in [9.17, 15) is 28.0 Å². The van der Waals surface area contributed by atoms with Crippen LogP contribution in [-0.4, -0.2) is 55.4 Å². The summed E-state index contributed by atoms with van der Waals surface area (Å²) < 4.78 is 30.6. The Bertz CT molecular complexity index is 621. The molecule has 0 spiro atoms. The second-order valence-electron chi connectivity index (χ2n) is 8.32. The van der Waals surface area contributed by atoms with Crippen LogP contribution in [0.15, 0.2) is 0 Å². The van der Waals surface area contributed by atoms with Crippen LogP contribution in [0.25, 0.3) is 0 Å². The zero-order valence-corrected chi connectivity index (χ0v) is 16.7. The van der Waals surface area contributed by atoms with E-state index in [-0.39, 0.29) is 49.5 Å². The van der Waals surface area contributed by atoms with Gasteiger partial charge in [-0.25, -0.2) is 13.6 Å². The molecule has 1 aliphatic heterocycles. The number of rotatable bonds is 10. The Morgan fingerprint density at radius 1 is 1.31 bits per heavy atom. The van der Waals surface area contributed by atoms with Crippen molar-refractivity contribution < 1.29 is 32.7 Å². The first-order valence-electron chi connectivity index (χ1n) is 9.94. The summed E-state index contributed by atoms with van der Waals surface area (Å²) in [4.78, 5) is 47.6. The van der Waals surface area contributed by atoms with Crippen molar-refractivity contribution in [1.82, 2.24) is 16.0 Å². The van der Waals surface area contributed by atoms with Crippen molar-refractivity contribution in [1.29, 1.82) is 0 Å². The van der Waals surface area contributed by atoms with Crippen molar-refractivity contribution in [2.24, 2.45) is 17.8 Å². The summed E-state index contributed by atoms with van der Waals surface area (Å²) >= 11 is 0. The molecule has 1 unspecified atom stereocenters. The average molecular weight is 417 g/mol. The van der Waals surface area contributed by atoms with E-state index in [0.29, 0.717) is 25.7 Å². The van der Waals surface area contributed by atoms with Crippen molar-refractivity contribution in [3.63, 3.8) is 0 Å². The van der Waals surface area contributed by atoms with Crippen molar-refractivity contribution >= 4 is 24.2 Å². The SMILES string of the molecule is CC(C)C[C@H](NC(=O)OCC1CC(F)(F)C1)C(=O)N[C@H](C=O)CC1CCNC1=O. The highest BCUT2D eigenvalue weighted by Gasteiger charge is 2.45. The topological polar surface area (TPSA) is 114 Å². The van der Waals surface area contributed by atoms with E-state index >= 15 is 0 Å². The van der Waals surface area contributed by atoms with Gasteiger partial charge in [-0.05, 0) is 25.2 Å². The summed E-state index contributed by atoms with van der Waals surface area (Å²) in [6, 6.07) is -1.79. The second-order valence-corrected chi connectivity index (χ2v) is 8.32. The number of nitrogens with one attached hydrogen (secondary N) is 3.